The summed E-state index contributed by atoms with van der Waals surface area (Å²) in [5, 5.41) is 20.7. The normalized spacial score (nSPS) is 11.5. The van der Waals surface area contributed by atoms with Gasteiger partial charge in [0.2, 0.25) is 5.91 Å². The molecule has 8 nitrogen and oxygen atoms in total. The van der Waals surface area contributed by atoms with E-state index in [1.54, 1.807) is 24.5 Å². The lowest BCUT2D eigenvalue weighted by Gasteiger charge is -2.17. The van der Waals surface area contributed by atoms with Gasteiger partial charge in [0.05, 0.1) is 17.6 Å². The molecule has 2 heterocycles. The van der Waals surface area contributed by atoms with Crippen molar-refractivity contribution in [3.8, 4) is 11.3 Å². The minimum absolute atomic E-state index is 0.243. The van der Waals surface area contributed by atoms with Gasteiger partial charge in [-0.1, -0.05) is 30.3 Å². The van der Waals surface area contributed by atoms with Crippen LogP contribution >= 0.6 is 0 Å². The Labute approximate surface area is 149 Å². The highest BCUT2D eigenvalue weighted by Crippen LogP contribution is 2.19. The van der Waals surface area contributed by atoms with Crippen molar-refractivity contribution in [1.82, 2.24) is 20.5 Å². The van der Waals surface area contributed by atoms with Crippen LogP contribution in [0, 0.1) is 0 Å². The zero-order chi connectivity index (χ0) is 18.4. The number of hydrogen-bond donors (Lipinski definition) is 4. The molecule has 0 fully saturated rings. The number of H-pyrrole nitrogens is 1. The van der Waals surface area contributed by atoms with E-state index in [2.05, 4.69) is 25.8 Å². The van der Waals surface area contributed by atoms with E-state index >= 15 is 0 Å². The molecular weight excluding hydrogens is 334 g/mol. The SMILES string of the molecule is O=C(O)NC(Cc1ccccc1)C(=O)Nc1cncc(-c2ccn[nH]2)c1. The molecule has 26 heavy (non-hydrogen) atoms. The monoisotopic (exact) mass is 351 g/mol. The van der Waals surface area contributed by atoms with Crippen LogP contribution in [0.25, 0.3) is 11.3 Å². The Balaban J connectivity index is 1.75. The molecule has 2 amide bonds. The minimum atomic E-state index is -1.26. The Morgan fingerprint density at radius 3 is 2.65 bits per heavy atom. The largest absolute Gasteiger partial charge is 0.465 e. The Bertz CT molecular complexity index is 881. The molecule has 0 radical (unpaired) electrons. The number of carboxylic acid groups (broad SMARTS) is 1. The van der Waals surface area contributed by atoms with E-state index in [4.69, 9.17) is 5.11 Å². The van der Waals surface area contributed by atoms with E-state index in [9.17, 15) is 9.59 Å². The predicted molar refractivity (Wildman–Crippen MR) is 95.5 cm³/mol. The van der Waals surface area contributed by atoms with Crippen LogP contribution in [-0.2, 0) is 11.2 Å². The number of hydrogen-bond acceptors (Lipinski definition) is 4. The summed E-state index contributed by atoms with van der Waals surface area (Å²) in [4.78, 5) is 27.7. The highest BCUT2D eigenvalue weighted by molar-refractivity contribution is 5.96. The van der Waals surface area contributed by atoms with Crippen molar-refractivity contribution in [2.45, 2.75) is 12.5 Å². The molecule has 0 aliphatic rings. The molecule has 1 unspecified atom stereocenters. The number of amides is 2. The molecular formula is C18H17N5O3. The van der Waals surface area contributed by atoms with Crippen molar-refractivity contribution in [1.29, 1.82) is 0 Å². The van der Waals surface area contributed by atoms with Crippen LogP contribution in [0.1, 0.15) is 5.56 Å². The second kappa shape index (κ2) is 7.93. The molecule has 0 saturated carbocycles. The Kier molecular flexibility index (Phi) is 5.23. The maximum atomic E-state index is 12.6. The summed E-state index contributed by atoms with van der Waals surface area (Å²) in [7, 11) is 0. The number of anilines is 1. The third kappa shape index (κ3) is 4.44. The first-order valence-electron chi connectivity index (χ1n) is 7.91. The summed E-state index contributed by atoms with van der Waals surface area (Å²) < 4.78 is 0. The maximum Gasteiger partial charge on any atom is 0.405 e. The van der Waals surface area contributed by atoms with Gasteiger partial charge in [0, 0.05) is 24.4 Å². The van der Waals surface area contributed by atoms with Gasteiger partial charge in [-0.25, -0.2) is 4.79 Å². The molecule has 3 rings (SSSR count). The molecule has 0 bridgehead atoms. The first kappa shape index (κ1) is 17.2. The van der Waals surface area contributed by atoms with Gasteiger partial charge in [-0.15, -0.1) is 0 Å². The van der Waals surface area contributed by atoms with E-state index in [0.29, 0.717) is 5.69 Å². The van der Waals surface area contributed by atoms with Crippen molar-refractivity contribution >= 4 is 17.7 Å². The van der Waals surface area contributed by atoms with Crippen molar-refractivity contribution in [2.75, 3.05) is 5.32 Å². The molecule has 3 aromatic rings. The minimum Gasteiger partial charge on any atom is -0.465 e. The fourth-order valence-corrected chi connectivity index (χ4v) is 2.51. The van der Waals surface area contributed by atoms with Gasteiger partial charge in [-0.05, 0) is 17.7 Å². The van der Waals surface area contributed by atoms with Gasteiger partial charge in [0.25, 0.3) is 0 Å². The molecule has 1 aromatic carbocycles. The van der Waals surface area contributed by atoms with E-state index in [1.165, 1.54) is 6.20 Å². The van der Waals surface area contributed by atoms with Gasteiger partial charge in [0.1, 0.15) is 6.04 Å². The zero-order valence-electron chi connectivity index (χ0n) is 13.7. The summed E-state index contributed by atoms with van der Waals surface area (Å²) in [5.74, 6) is -0.459. The molecule has 132 valence electrons. The lowest BCUT2D eigenvalue weighted by Crippen LogP contribution is -2.44. The Morgan fingerprint density at radius 2 is 1.96 bits per heavy atom. The number of benzene rings is 1. The van der Waals surface area contributed by atoms with Crippen LogP contribution in [0.2, 0.25) is 0 Å². The summed E-state index contributed by atoms with van der Waals surface area (Å²) in [5.41, 5.74) is 2.84. The van der Waals surface area contributed by atoms with E-state index < -0.39 is 18.0 Å². The quantitative estimate of drug-likeness (QED) is 0.543. The van der Waals surface area contributed by atoms with Crippen molar-refractivity contribution in [3.63, 3.8) is 0 Å². The third-order valence-corrected chi connectivity index (χ3v) is 3.71. The van der Waals surface area contributed by atoms with Crippen molar-refractivity contribution < 1.29 is 14.7 Å². The first-order valence-corrected chi connectivity index (χ1v) is 7.91. The zero-order valence-corrected chi connectivity index (χ0v) is 13.7. The molecule has 4 N–H and O–H groups in total. The lowest BCUT2D eigenvalue weighted by molar-refractivity contribution is -0.118. The number of aromatic nitrogens is 3. The van der Waals surface area contributed by atoms with Crippen molar-refractivity contribution in [3.05, 3.63) is 66.6 Å². The fourth-order valence-electron chi connectivity index (χ4n) is 2.51. The van der Waals surface area contributed by atoms with Gasteiger partial charge in [-0.3, -0.25) is 14.9 Å². The van der Waals surface area contributed by atoms with Gasteiger partial charge in [-0.2, -0.15) is 5.10 Å². The lowest BCUT2D eigenvalue weighted by atomic mass is 10.1. The molecule has 2 aromatic heterocycles. The van der Waals surface area contributed by atoms with Crippen molar-refractivity contribution in [2.24, 2.45) is 0 Å². The smallest absolute Gasteiger partial charge is 0.405 e. The Hall–Kier alpha value is -3.68. The van der Waals surface area contributed by atoms with Crippen LogP contribution in [0.4, 0.5) is 10.5 Å². The summed E-state index contributed by atoms with van der Waals surface area (Å²) in [6.07, 6.45) is 3.74. The molecule has 0 spiro atoms. The van der Waals surface area contributed by atoms with Gasteiger partial charge >= 0.3 is 6.09 Å². The molecule has 0 aliphatic heterocycles. The molecule has 0 saturated heterocycles. The topological polar surface area (TPSA) is 120 Å². The second-order valence-electron chi connectivity index (χ2n) is 5.61. The van der Waals surface area contributed by atoms with E-state index in [-0.39, 0.29) is 6.42 Å². The molecule has 8 heteroatoms. The van der Waals surface area contributed by atoms with E-state index in [1.807, 2.05) is 30.3 Å². The first-order chi connectivity index (χ1) is 12.6. The summed E-state index contributed by atoms with van der Waals surface area (Å²) in [6.45, 7) is 0. The summed E-state index contributed by atoms with van der Waals surface area (Å²) >= 11 is 0. The number of aromatic amines is 1. The van der Waals surface area contributed by atoms with Gasteiger partial charge < -0.3 is 15.7 Å². The number of carbonyl (C=O) groups is 2. The highest BCUT2D eigenvalue weighted by Gasteiger charge is 2.21. The van der Waals surface area contributed by atoms with E-state index in [0.717, 1.165) is 16.8 Å². The maximum absolute atomic E-state index is 12.6. The van der Waals surface area contributed by atoms with Crippen LogP contribution < -0.4 is 10.6 Å². The Morgan fingerprint density at radius 1 is 1.15 bits per heavy atom. The fraction of sp³-hybridized carbons (Fsp3) is 0.111. The molecule has 0 aliphatic carbocycles. The van der Waals surface area contributed by atoms with Gasteiger partial charge in [0.15, 0.2) is 0 Å². The van der Waals surface area contributed by atoms with Crippen LogP contribution in [-0.4, -0.2) is 38.3 Å². The standard InChI is InChI=1S/C18H17N5O3/c24-17(16(22-18(25)26)8-12-4-2-1-3-5-12)21-14-9-13(10-19-11-14)15-6-7-20-23-15/h1-7,9-11,16,22H,8H2,(H,20,23)(H,21,24)(H,25,26). The number of carbonyl (C=O) groups excluding carboxylic acids is 1. The van der Waals surface area contributed by atoms with Crippen LogP contribution in [0.3, 0.4) is 0 Å². The number of nitrogens with one attached hydrogen (secondary N) is 3. The average molecular weight is 351 g/mol. The second-order valence-corrected chi connectivity index (χ2v) is 5.61. The highest BCUT2D eigenvalue weighted by atomic mass is 16.4. The number of pyridine rings is 1. The van der Waals surface area contributed by atoms with Crippen LogP contribution in [0.15, 0.2) is 61.1 Å². The average Bonchev–Trinajstić information content (AvgIpc) is 3.17. The predicted octanol–water partition coefficient (Wildman–Crippen LogP) is 2.29. The number of nitrogens with zero attached hydrogens (tertiary/aromatic N) is 2. The third-order valence-electron chi connectivity index (χ3n) is 3.71. The molecule has 1 atom stereocenters. The van der Waals surface area contributed by atoms with Crippen LogP contribution in [0.5, 0.6) is 0 Å². The summed E-state index contributed by atoms with van der Waals surface area (Å²) in [6, 6.07) is 11.8. The number of rotatable bonds is 6.